The van der Waals surface area contributed by atoms with Gasteiger partial charge >= 0.3 is 0 Å². The lowest BCUT2D eigenvalue weighted by molar-refractivity contribution is 0.0950. The summed E-state index contributed by atoms with van der Waals surface area (Å²) >= 11 is 23.7. The van der Waals surface area contributed by atoms with Crippen molar-refractivity contribution < 1.29 is 9.53 Å². The number of aromatic nitrogens is 1. The second-order valence-electron chi connectivity index (χ2n) is 5.03. The fraction of sp³-hybridized carbons (Fsp3) is 0.188. The zero-order chi connectivity index (χ0) is 19.3. The Bertz CT molecular complexity index is 859. The molecule has 0 aliphatic rings. The van der Waals surface area contributed by atoms with E-state index in [0.717, 1.165) is 6.42 Å². The normalized spacial score (nSPS) is 11.0. The number of anilines is 1. The number of nitrogen functional groups attached to an aromatic ring is 1. The van der Waals surface area contributed by atoms with Crippen LogP contribution in [0.5, 0.6) is 5.75 Å². The van der Waals surface area contributed by atoms with Gasteiger partial charge < -0.3 is 10.5 Å². The Morgan fingerprint density at radius 2 is 2.04 bits per heavy atom. The number of amides is 1. The van der Waals surface area contributed by atoms with Gasteiger partial charge in [-0.25, -0.2) is 10.4 Å². The fourth-order valence-corrected chi connectivity index (χ4v) is 2.66. The van der Waals surface area contributed by atoms with E-state index < -0.39 is 5.91 Å². The minimum atomic E-state index is -0.689. The Labute approximate surface area is 170 Å². The van der Waals surface area contributed by atoms with E-state index >= 15 is 0 Å². The summed E-state index contributed by atoms with van der Waals surface area (Å²) < 4.78 is 5.48. The maximum atomic E-state index is 12.1. The van der Waals surface area contributed by atoms with Gasteiger partial charge in [-0.2, -0.15) is 5.10 Å². The molecule has 6 nitrogen and oxygen atoms in total. The van der Waals surface area contributed by atoms with Crippen LogP contribution in [0.4, 0.5) is 5.69 Å². The Morgan fingerprint density at radius 3 is 2.69 bits per heavy atom. The van der Waals surface area contributed by atoms with E-state index in [-0.39, 0.29) is 26.6 Å². The van der Waals surface area contributed by atoms with Crippen molar-refractivity contribution >= 4 is 64.2 Å². The molecule has 0 spiro atoms. The van der Waals surface area contributed by atoms with Crippen molar-refractivity contribution in [1.82, 2.24) is 10.4 Å². The largest absolute Gasteiger partial charge is 0.492 e. The predicted octanol–water partition coefficient (Wildman–Crippen LogP) is 4.83. The lowest BCUT2D eigenvalue weighted by Gasteiger charge is -2.08. The molecule has 2 aromatic rings. The molecule has 0 bridgehead atoms. The van der Waals surface area contributed by atoms with Crippen LogP contribution in [0.15, 0.2) is 23.3 Å². The second kappa shape index (κ2) is 9.28. The molecule has 0 saturated heterocycles. The van der Waals surface area contributed by atoms with E-state index in [2.05, 4.69) is 15.5 Å². The molecule has 0 unspecified atom stereocenters. The highest BCUT2D eigenvalue weighted by Crippen LogP contribution is 2.34. The molecule has 0 fully saturated rings. The van der Waals surface area contributed by atoms with Crippen LogP contribution in [0.2, 0.25) is 20.2 Å². The molecule has 1 heterocycles. The fourth-order valence-electron chi connectivity index (χ4n) is 1.83. The third-order valence-electron chi connectivity index (χ3n) is 3.08. The molecular weight excluding hydrogens is 422 g/mol. The second-order valence-corrected chi connectivity index (χ2v) is 6.55. The zero-order valence-electron chi connectivity index (χ0n) is 13.5. The van der Waals surface area contributed by atoms with Crippen LogP contribution < -0.4 is 15.9 Å². The van der Waals surface area contributed by atoms with E-state index in [0.29, 0.717) is 22.9 Å². The van der Waals surface area contributed by atoms with Gasteiger partial charge in [-0.15, -0.1) is 0 Å². The van der Waals surface area contributed by atoms with Gasteiger partial charge in [0.05, 0.1) is 28.6 Å². The number of halogens is 4. The van der Waals surface area contributed by atoms with Gasteiger partial charge in [0.15, 0.2) is 10.8 Å². The molecular formula is C16H14Cl4N4O2. The number of hydrogen-bond acceptors (Lipinski definition) is 5. The van der Waals surface area contributed by atoms with Crippen LogP contribution in [0.25, 0.3) is 0 Å². The number of hydrogen-bond donors (Lipinski definition) is 2. The SMILES string of the molecule is CCCOc1ccc(/C=N/NC(=O)c2nc(Cl)c(Cl)c(N)c2Cl)cc1Cl. The molecule has 3 N–H and O–H groups in total. The molecule has 0 atom stereocenters. The van der Waals surface area contributed by atoms with Crippen LogP contribution in [0.1, 0.15) is 29.4 Å². The van der Waals surface area contributed by atoms with E-state index in [1.165, 1.54) is 6.21 Å². The minimum absolute atomic E-state index is 0.0169. The van der Waals surface area contributed by atoms with Gasteiger partial charge in [-0.3, -0.25) is 4.79 Å². The van der Waals surface area contributed by atoms with E-state index in [1.54, 1.807) is 18.2 Å². The molecule has 1 aromatic carbocycles. The summed E-state index contributed by atoms with van der Waals surface area (Å²) in [4.78, 5) is 15.9. The number of hydrazone groups is 1. The van der Waals surface area contributed by atoms with Crippen molar-refractivity contribution in [2.24, 2.45) is 5.10 Å². The molecule has 0 aliphatic heterocycles. The first-order valence-electron chi connectivity index (χ1n) is 7.40. The van der Waals surface area contributed by atoms with Crippen LogP contribution in [0, 0.1) is 0 Å². The van der Waals surface area contributed by atoms with Gasteiger partial charge in [-0.05, 0) is 30.2 Å². The molecule has 1 amide bonds. The van der Waals surface area contributed by atoms with Gasteiger partial charge in [0.2, 0.25) is 0 Å². The molecule has 26 heavy (non-hydrogen) atoms. The van der Waals surface area contributed by atoms with Crippen molar-refractivity contribution in [3.8, 4) is 5.75 Å². The van der Waals surface area contributed by atoms with E-state index in [4.69, 9.17) is 56.9 Å². The van der Waals surface area contributed by atoms with Crippen LogP contribution in [-0.4, -0.2) is 23.7 Å². The molecule has 138 valence electrons. The Hall–Kier alpha value is -1.73. The number of nitrogens with two attached hydrogens (primary N) is 1. The molecule has 2 rings (SSSR count). The molecule has 0 radical (unpaired) electrons. The summed E-state index contributed by atoms with van der Waals surface area (Å²) in [6.07, 6.45) is 2.28. The Kier molecular flexibility index (Phi) is 7.34. The summed E-state index contributed by atoms with van der Waals surface area (Å²) in [6, 6.07) is 5.12. The topological polar surface area (TPSA) is 89.6 Å². The van der Waals surface area contributed by atoms with Crippen molar-refractivity contribution in [3.63, 3.8) is 0 Å². The van der Waals surface area contributed by atoms with Crippen LogP contribution >= 0.6 is 46.4 Å². The third-order valence-corrected chi connectivity index (χ3v) is 4.52. The highest BCUT2D eigenvalue weighted by Gasteiger charge is 2.19. The van der Waals surface area contributed by atoms with E-state index in [9.17, 15) is 4.79 Å². The maximum Gasteiger partial charge on any atom is 0.291 e. The standard InChI is InChI=1S/C16H14Cl4N4O2/c1-2-5-26-10-4-3-8(6-9(10)17)7-22-24-16(25)14-11(18)13(21)12(19)15(20)23-14/h3-4,6-7H,2,5H2,1H3,(H2,21,23)(H,24,25)/b22-7+. The summed E-state index contributed by atoms with van der Waals surface area (Å²) in [5, 5.41) is 4.03. The average molecular weight is 436 g/mol. The maximum absolute atomic E-state index is 12.1. The zero-order valence-corrected chi connectivity index (χ0v) is 16.5. The van der Waals surface area contributed by atoms with Crippen molar-refractivity contribution in [2.45, 2.75) is 13.3 Å². The number of benzene rings is 1. The highest BCUT2D eigenvalue weighted by molar-refractivity contribution is 6.46. The van der Waals surface area contributed by atoms with Crippen LogP contribution in [0.3, 0.4) is 0 Å². The monoisotopic (exact) mass is 434 g/mol. The summed E-state index contributed by atoms with van der Waals surface area (Å²) in [5.41, 5.74) is 8.40. The number of rotatable bonds is 6. The smallest absolute Gasteiger partial charge is 0.291 e. The Morgan fingerprint density at radius 1 is 1.31 bits per heavy atom. The Balaban J connectivity index is 2.09. The first kappa shape index (κ1) is 20.6. The van der Waals surface area contributed by atoms with Gasteiger partial charge in [0, 0.05) is 0 Å². The summed E-state index contributed by atoms with van der Waals surface area (Å²) in [7, 11) is 0. The molecule has 0 aliphatic carbocycles. The summed E-state index contributed by atoms with van der Waals surface area (Å²) in [5.74, 6) is -0.109. The van der Waals surface area contributed by atoms with Gasteiger partial charge in [-0.1, -0.05) is 53.3 Å². The number of nitrogens with one attached hydrogen (secondary N) is 1. The number of carbonyl (C=O) groups is 1. The highest BCUT2D eigenvalue weighted by atomic mass is 35.5. The van der Waals surface area contributed by atoms with E-state index in [1.807, 2.05) is 6.92 Å². The average Bonchev–Trinajstić information content (AvgIpc) is 2.62. The summed E-state index contributed by atoms with van der Waals surface area (Å²) in [6.45, 7) is 2.57. The number of pyridine rings is 1. The first-order chi connectivity index (χ1) is 12.3. The van der Waals surface area contributed by atoms with Crippen molar-refractivity contribution in [1.29, 1.82) is 0 Å². The third kappa shape index (κ3) is 4.92. The number of ether oxygens (including phenoxy) is 1. The minimum Gasteiger partial charge on any atom is -0.492 e. The van der Waals surface area contributed by atoms with Crippen molar-refractivity contribution in [3.05, 3.63) is 49.7 Å². The first-order valence-corrected chi connectivity index (χ1v) is 8.92. The van der Waals surface area contributed by atoms with Crippen LogP contribution in [-0.2, 0) is 0 Å². The molecule has 10 heteroatoms. The lowest BCUT2D eigenvalue weighted by Crippen LogP contribution is -2.20. The molecule has 1 aromatic heterocycles. The lowest BCUT2D eigenvalue weighted by atomic mass is 10.2. The quantitative estimate of drug-likeness (QED) is 0.386. The number of nitrogens with zero attached hydrogens (tertiary/aromatic N) is 2. The van der Waals surface area contributed by atoms with Crippen molar-refractivity contribution in [2.75, 3.05) is 12.3 Å². The molecule has 0 saturated carbocycles. The predicted molar refractivity (Wildman–Crippen MR) is 106 cm³/mol. The van der Waals surface area contributed by atoms with Gasteiger partial charge in [0.25, 0.3) is 5.91 Å². The number of carbonyl (C=O) groups excluding carboxylic acids is 1. The van der Waals surface area contributed by atoms with Gasteiger partial charge in [0.1, 0.15) is 10.8 Å².